The summed E-state index contributed by atoms with van der Waals surface area (Å²) in [5.74, 6) is -0.0718. The highest BCUT2D eigenvalue weighted by atomic mass is 16.5. The zero-order valence-corrected chi connectivity index (χ0v) is 19.4. The largest absolute Gasteiger partial charge is 0.461 e. The fraction of sp³-hybridized carbons (Fsp3) is 0.654. The van der Waals surface area contributed by atoms with Crippen LogP contribution in [0.2, 0.25) is 0 Å². The van der Waals surface area contributed by atoms with Crippen molar-refractivity contribution in [1.82, 2.24) is 0 Å². The number of hydrogen-bond acceptors (Lipinski definition) is 2. The molecule has 0 saturated carbocycles. The summed E-state index contributed by atoms with van der Waals surface area (Å²) >= 11 is 0. The van der Waals surface area contributed by atoms with Crippen LogP contribution in [0.4, 0.5) is 0 Å². The average molecular weight is 389 g/mol. The first-order chi connectivity index (χ1) is 13.3. The molecule has 0 amide bonds. The maximum Gasteiger partial charge on any atom is 0.306 e. The van der Waals surface area contributed by atoms with Crippen molar-refractivity contribution in [2.75, 3.05) is 6.61 Å². The van der Waals surface area contributed by atoms with Gasteiger partial charge in [0.25, 0.3) is 0 Å². The molecule has 0 bridgehead atoms. The Balaban J connectivity index is 3.97. The first-order valence-corrected chi connectivity index (χ1v) is 11.1. The highest BCUT2D eigenvalue weighted by Gasteiger charge is 2.00. The van der Waals surface area contributed by atoms with E-state index in [0.717, 1.165) is 51.4 Å². The van der Waals surface area contributed by atoms with Crippen molar-refractivity contribution in [1.29, 1.82) is 0 Å². The van der Waals surface area contributed by atoms with Crippen LogP contribution in [-0.2, 0) is 9.53 Å². The van der Waals surface area contributed by atoms with Gasteiger partial charge in [0.1, 0.15) is 6.61 Å². The first-order valence-electron chi connectivity index (χ1n) is 11.1. The molecule has 0 aromatic carbocycles. The Morgan fingerprint density at radius 3 is 1.68 bits per heavy atom. The van der Waals surface area contributed by atoms with Gasteiger partial charge in [-0.25, -0.2) is 0 Å². The van der Waals surface area contributed by atoms with Crippen molar-refractivity contribution < 1.29 is 9.53 Å². The smallest absolute Gasteiger partial charge is 0.306 e. The fourth-order valence-corrected chi connectivity index (χ4v) is 2.86. The lowest BCUT2D eigenvalue weighted by molar-refractivity contribution is -0.142. The summed E-state index contributed by atoms with van der Waals surface area (Å²) in [7, 11) is 0. The normalized spacial score (nSPS) is 12.9. The van der Waals surface area contributed by atoms with Crippen LogP contribution in [0.3, 0.4) is 0 Å². The summed E-state index contributed by atoms with van der Waals surface area (Å²) in [6, 6.07) is 0. The number of unbranched alkanes of at least 4 members (excludes halogenated alkanes) is 2. The van der Waals surface area contributed by atoms with Crippen LogP contribution in [0.1, 0.15) is 106 Å². The summed E-state index contributed by atoms with van der Waals surface area (Å²) in [6.45, 7) is 13.4. The third kappa shape index (κ3) is 17.8. The second-order valence-electron chi connectivity index (χ2n) is 8.19. The molecule has 0 radical (unpaired) electrons. The number of hydrogen-bond donors (Lipinski definition) is 0. The molecule has 0 aliphatic rings. The molecule has 0 fully saturated rings. The highest BCUT2D eigenvalue weighted by Crippen LogP contribution is 2.13. The topological polar surface area (TPSA) is 26.3 Å². The van der Waals surface area contributed by atoms with Crippen molar-refractivity contribution in [2.45, 2.75) is 106 Å². The summed E-state index contributed by atoms with van der Waals surface area (Å²) in [4.78, 5) is 11.6. The Morgan fingerprint density at radius 2 is 1.18 bits per heavy atom. The van der Waals surface area contributed by atoms with E-state index < -0.39 is 0 Å². The molecule has 0 heterocycles. The van der Waals surface area contributed by atoms with Crippen LogP contribution in [0.15, 0.2) is 46.6 Å². The van der Waals surface area contributed by atoms with E-state index in [9.17, 15) is 4.79 Å². The van der Waals surface area contributed by atoms with E-state index in [2.05, 4.69) is 59.8 Å². The number of ether oxygens (including phenoxy) is 1. The zero-order chi connectivity index (χ0) is 21.2. The summed E-state index contributed by atoms with van der Waals surface area (Å²) in [6.07, 6.45) is 19.5. The van der Waals surface area contributed by atoms with Gasteiger partial charge >= 0.3 is 5.97 Å². The maximum absolute atomic E-state index is 11.6. The molecule has 0 spiro atoms. The molecule has 0 aliphatic carbocycles. The minimum atomic E-state index is -0.0718. The minimum Gasteiger partial charge on any atom is -0.461 e. The maximum atomic E-state index is 11.6. The minimum absolute atomic E-state index is 0.0718. The summed E-state index contributed by atoms with van der Waals surface area (Å²) in [5.41, 5.74) is 5.65. The van der Waals surface area contributed by atoms with Crippen molar-refractivity contribution in [3.8, 4) is 0 Å². The van der Waals surface area contributed by atoms with Gasteiger partial charge in [-0.1, -0.05) is 60.3 Å². The van der Waals surface area contributed by atoms with Crippen molar-refractivity contribution in [2.24, 2.45) is 0 Å². The lowest BCUT2D eigenvalue weighted by Gasteiger charge is -2.04. The van der Waals surface area contributed by atoms with E-state index in [4.69, 9.17) is 4.74 Å². The SMILES string of the molecule is CCCCCC(=O)OCC=C(C)CCC=C(C)CCC=C(C)CCC=C(C)C. The van der Waals surface area contributed by atoms with E-state index in [1.54, 1.807) is 0 Å². The van der Waals surface area contributed by atoms with Crippen LogP contribution in [0.25, 0.3) is 0 Å². The molecule has 160 valence electrons. The number of esters is 1. The van der Waals surface area contributed by atoms with Crippen LogP contribution in [0, 0.1) is 0 Å². The van der Waals surface area contributed by atoms with Crippen molar-refractivity contribution in [3.63, 3.8) is 0 Å². The molecule has 0 saturated heterocycles. The molecule has 0 aromatic heterocycles. The Kier molecular flexibility index (Phi) is 16.5. The van der Waals surface area contributed by atoms with Gasteiger partial charge in [-0.2, -0.15) is 0 Å². The molecule has 0 N–H and O–H groups in total. The third-order valence-corrected chi connectivity index (χ3v) is 4.81. The molecule has 0 aromatic rings. The predicted molar refractivity (Wildman–Crippen MR) is 124 cm³/mol. The molecule has 2 heteroatoms. The van der Waals surface area contributed by atoms with Gasteiger partial charge in [0.05, 0.1) is 0 Å². The Bertz CT molecular complexity index is 543. The van der Waals surface area contributed by atoms with Gasteiger partial charge in [-0.3, -0.25) is 4.79 Å². The average Bonchev–Trinajstić information content (AvgIpc) is 2.61. The second-order valence-corrected chi connectivity index (χ2v) is 8.19. The monoisotopic (exact) mass is 388 g/mol. The van der Waals surface area contributed by atoms with E-state index in [-0.39, 0.29) is 5.97 Å². The van der Waals surface area contributed by atoms with E-state index in [1.165, 1.54) is 28.7 Å². The quantitative estimate of drug-likeness (QED) is 0.160. The zero-order valence-electron chi connectivity index (χ0n) is 19.4. The molecule has 2 nitrogen and oxygen atoms in total. The number of carbonyl (C=O) groups is 1. The standard InChI is InChI=1S/C26H44O2/c1-7-8-9-19-26(27)28-21-20-25(6)18-12-17-24(5)16-11-15-23(4)14-10-13-22(2)3/h13,15,17,20H,7-12,14,16,18-19,21H2,1-6H3. The van der Waals surface area contributed by atoms with Gasteiger partial charge in [0.2, 0.25) is 0 Å². The van der Waals surface area contributed by atoms with E-state index in [0.29, 0.717) is 13.0 Å². The third-order valence-electron chi connectivity index (χ3n) is 4.81. The molecule has 0 unspecified atom stereocenters. The molecular formula is C26H44O2. The van der Waals surface area contributed by atoms with Crippen molar-refractivity contribution in [3.05, 3.63) is 46.6 Å². The molecular weight excluding hydrogens is 344 g/mol. The summed E-state index contributed by atoms with van der Waals surface area (Å²) < 4.78 is 5.26. The Morgan fingerprint density at radius 1 is 0.679 bits per heavy atom. The van der Waals surface area contributed by atoms with Gasteiger partial charge in [-0.05, 0) is 85.6 Å². The Hall–Kier alpha value is -1.57. The van der Waals surface area contributed by atoms with Gasteiger partial charge < -0.3 is 4.74 Å². The number of rotatable bonds is 15. The highest BCUT2D eigenvalue weighted by molar-refractivity contribution is 5.69. The summed E-state index contributed by atoms with van der Waals surface area (Å²) in [5, 5.41) is 0. The second kappa shape index (κ2) is 17.5. The predicted octanol–water partition coefficient (Wildman–Crippen LogP) is 8.26. The fourth-order valence-electron chi connectivity index (χ4n) is 2.86. The lowest BCUT2D eigenvalue weighted by Crippen LogP contribution is -2.04. The van der Waals surface area contributed by atoms with Crippen LogP contribution >= 0.6 is 0 Å². The van der Waals surface area contributed by atoms with Gasteiger partial charge in [-0.15, -0.1) is 0 Å². The first kappa shape index (κ1) is 26.4. The van der Waals surface area contributed by atoms with Gasteiger partial charge in [0, 0.05) is 6.42 Å². The molecule has 0 rings (SSSR count). The number of allylic oxidation sites excluding steroid dienone is 7. The van der Waals surface area contributed by atoms with E-state index in [1.807, 2.05) is 6.08 Å². The van der Waals surface area contributed by atoms with E-state index >= 15 is 0 Å². The van der Waals surface area contributed by atoms with Crippen molar-refractivity contribution >= 4 is 5.97 Å². The number of carbonyl (C=O) groups excluding carboxylic acids is 1. The lowest BCUT2D eigenvalue weighted by atomic mass is 10.0. The van der Waals surface area contributed by atoms with Gasteiger partial charge in [0.15, 0.2) is 0 Å². The molecule has 0 atom stereocenters. The van der Waals surface area contributed by atoms with Crippen LogP contribution in [-0.4, -0.2) is 12.6 Å². The van der Waals surface area contributed by atoms with Crippen LogP contribution in [0.5, 0.6) is 0 Å². The van der Waals surface area contributed by atoms with Crippen LogP contribution < -0.4 is 0 Å². The molecule has 28 heavy (non-hydrogen) atoms. The Labute approximate surface area is 174 Å². The molecule has 0 aliphatic heterocycles.